The summed E-state index contributed by atoms with van der Waals surface area (Å²) in [6.07, 6.45) is -1.50. The number of hydrogen-bond donors (Lipinski definition) is 2. The molecule has 0 saturated carbocycles. The fraction of sp³-hybridized carbons (Fsp3) is 1.00. The molecule has 8 heteroatoms. The van der Waals surface area contributed by atoms with Gasteiger partial charge < -0.3 is 33.7 Å². The van der Waals surface area contributed by atoms with Crippen LogP contribution in [0.4, 0.5) is 0 Å². The minimum atomic E-state index is -1.41. The Labute approximate surface area is 106 Å². The van der Waals surface area contributed by atoms with Gasteiger partial charge >= 0.3 is 0 Å². The van der Waals surface area contributed by atoms with Gasteiger partial charge in [-0.25, -0.2) is 0 Å². The van der Waals surface area contributed by atoms with Crippen LogP contribution in [0.5, 0.6) is 0 Å². The molecule has 0 bridgehead atoms. The van der Waals surface area contributed by atoms with Crippen LogP contribution in [0.25, 0.3) is 0 Å². The summed E-state index contributed by atoms with van der Waals surface area (Å²) in [5, 5.41) is 18.2. The summed E-state index contributed by atoms with van der Waals surface area (Å²) in [6.45, 7) is -0.273. The lowest BCUT2D eigenvalue weighted by Crippen LogP contribution is -2.40. The third-order valence-electron chi connectivity index (χ3n) is 3.83. The fourth-order valence-electron chi connectivity index (χ4n) is 2.76. The smallest absolute Gasteiger partial charge is 0.248 e. The van der Waals surface area contributed by atoms with Crippen LogP contribution >= 0.6 is 0 Å². The van der Waals surface area contributed by atoms with Crippen LogP contribution in [0.3, 0.4) is 0 Å². The standard InChI is InChI=1S/C10H14O7S/c11-1-3-5-7(16-5)9(14-3)18(13)10-8-6(17-8)4(2-12)15-10/h3-12H,1-2H2/t3-,4-,5-,6-,7+,8+,9?,10?,18?/m1/s1. The van der Waals surface area contributed by atoms with Gasteiger partial charge in [0.05, 0.1) is 13.2 Å². The Balaban J connectivity index is 1.44. The van der Waals surface area contributed by atoms with E-state index in [4.69, 9.17) is 29.2 Å². The van der Waals surface area contributed by atoms with Gasteiger partial charge in [0, 0.05) is 11.2 Å². The molecule has 0 amide bonds. The van der Waals surface area contributed by atoms with Crippen LogP contribution in [0, 0.1) is 0 Å². The number of aliphatic hydroxyl groups is 2. The number of fused-ring (bicyclic) bond motifs is 2. The van der Waals surface area contributed by atoms with Crippen molar-refractivity contribution >= 4 is 11.2 Å². The molecular weight excluding hydrogens is 264 g/mol. The van der Waals surface area contributed by atoms with Crippen molar-refractivity contribution in [2.45, 2.75) is 47.5 Å². The Kier molecular flexibility index (Phi) is 2.66. The van der Waals surface area contributed by atoms with Crippen LogP contribution in [0.2, 0.25) is 0 Å². The molecule has 102 valence electrons. The van der Waals surface area contributed by atoms with Crippen molar-refractivity contribution < 1.29 is 33.7 Å². The Bertz CT molecular complexity index is 323. The molecule has 4 fully saturated rings. The lowest BCUT2D eigenvalue weighted by Gasteiger charge is -2.25. The molecule has 4 aliphatic heterocycles. The number of aliphatic hydroxyl groups excluding tert-OH is 2. The summed E-state index contributed by atoms with van der Waals surface area (Å²) in [5.74, 6) is 0. The van der Waals surface area contributed by atoms with E-state index in [1.54, 1.807) is 0 Å². The van der Waals surface area contributed by atoms with E-state index < -0.39 is 34.3 Å². The lowest BCUT2D eigenvalue weighted by molar-refractivity contribution is -0.0360. The highest BCUT2D eigenvalue weighted by Gasteiger charge is 2.69. The van der Waals surface area contributed by atoms with Gasteiger partial charge in [-0.15, -0.1) is 0 Å². The zero-order chi connectivity index (χ0) is 12.4. The second-order valence-electron chi connectivity index (χ2n) is 4.91. The molecule has 0 spiro atoms. The average molecular weight is 278 g/mol. The largest absolute Gasteiger partial charge is 0.612 e. The minimum Gasteiger partial charge on any atom is -0.612 e. The first-order valence-electron chi connectivity index (χ1n) is 5.97. The maximum Gasteiger partial charge on any atom is 0.248 e. The van der Waals surface area contributed by atoms with Gasteiger partial charge in [-0.3, -0.25) is 0 Å². The second-order valence-corrected chi connectivity index (χ2v) is 6.50. The van der Waals surface area contributed by atoms with Gasteiger partial charge in [-0.05, 0) is 0 Å². The number of hydrogen-bond acceptors (Lipinski definition) is 7. The van der Waals surface area contributed by atoms with Crippen LogP contribution in [0.15, 0.2) is 0 Å². The van der Waals surface area contributed by atoms with Crippen molar-refractivity contribution in [2.75, 3.05) is 13.2 Å². The van der Waals surface area contributed by atoms with Crippen molar-refractivity contribution in [3.05, 3.63) is 0 Å². The van der Waals surface area contributed by atoms with Crippen molar-refractivity contribution in [2.24, 2.45) is 0 Å². The minimum absolute atomic E-state index is 0.137. The maximum absolute atomic E-state index is 12.4. The van der Waals surface area contributed by atoms with E-state index in [0.717, 1.165) is 0 Å². The highest BCUT2D eigenvalue weighted by Crippen LogP contribution is 2.47. The molecule has 7 nitrogen and oxygen atoms in total. The Hall–Kier alpha value is 0.0700. The first-order chi connectivity index (χ1) is 8.74. The molecule has 4 heterocycles. The lowest BCUT2D eigenvalue weighted by atomic mass is 10.2. The summed E-state index contributed by atoms with van der Waals surface area (Å²) in [4.78, 5) is 0. The van der Waals surface area contributed by atoms with E-state index in [0.29, 0.717) is 0 Å². The summed E-state index contributed by atoms with van der Waals surface area (Å²) < 4.78 is 34.1. The maximum atomic E-state index is 12.4. The summed E-state index contributed by atoms with van der Waals surface area (Å²) in [7, 11) is 0. The number of epoxide rings is 2. The third-order valence-corrected chi connectivity index (χ3v) is 5.50. The quantitative estimate of drug-likeness (QED) is 0.440. The molecule has 0 aromatic heterocycles. The van der Waals surface area contributed by atoms with E-state index in [1.165, 1.54) is 0 Å². The van der Waals surface area contributed by atoms with Crippen molar-refractivity contribution in [3.63, 3.8) is 0 Å². The predicted molar refractivity (Wildman–Crippen MR) is 57.0 cm³/mol. The molecular formula is C10H14O7S. The second kappa shape index (κ2) is 4.03. The molecule has 0 radical (unpaired) electrons. The SMILES string of the molecule is [O-][S+](C1O[C@H](CO)[C@H]2O[C@H]12)C1O[C@H](CO)[C@H]2O[C@H]12. The Morgan fingerprint density at radius 1 is 0.778 bits per heavy atom. The molecule has 4 saturated heterocycles. The van der Waals surface area contributed by atoms with Gasteiger partial charge in [0.15, 0.2) is 12.2 Å². The number of ether oxygens (including phenoxy) is 4. The molecule has 0 aromatic carbocycles. The van der Waals surface area contributed by atoms with Crippen LogP contribution in [0.1, 0.15) is 0 Å². The van der Waals surface area contributed by atoms with Gasteiger partial charge in [0.25, 0.3) is 0 Å². The number of rotatable bonds is 4. The van der Waals surface area contributed by atoms with Crippen LogP contribution in [-0.4, -0.2) is 75.5 Å². The highest BCUT2D eigenvalue weighted by atomic mass is 32.2. The molecule has 4 aliphatic rings. The van der Waals surface area contributed by atoms with Gasteiger partial charge in [-0.1, -0.05) is 0 Å². The molecule has 8 atom stereocenters. The van der Waals surface area contributed by atoms with Crippen LogP contribution < -0.4 is 0 Å². The Morgan fingerprint density at radius 3 is 1.56 bits per heavy atom. The van der Waals surface area contributed by atoms with Crippen molar-refractivity contribution in [3.8, 4) is 0 Å². The highest BCUT2D eigenvalue weighted by molar-refractivity contribution is 7.92. The first kappa shape index (κ1) is 11.9. The molecule has 4 rings (SSSR count). The summed E-state index contributed by atoms with van der Waals surface area (Å²) in [6, 6.07) is 0. The summed E-state index contributed by atoms with van der Waals surface area (Å²) >= 11 is -1.41. The monoisotopic (exact) mass is 278 g/mol. The molecule has 18 heavy (non-hydrogen) atoms. The zero-order valence-corrected chi connectivity index (χ0v) is 10.2. The van der Waals surface area contributed by atoms with Gasteiger partial charge in [0.1, 0.15) is 24.4 Å². The summed E-state index contributed by atoms with van der Waals surface area (Å²) in [5.41, 5.74) is -1.14. The average Bonchev–Trinajstić information content (AvgIpc) is 3.29. The molecule has 2 unspecified atom stereocenters. The third kappa shape index (κ3) is 1.58. The normalized spacial score (nSPS) is 58.2. The van der Waals surface area contributed by atoms with E-state index >= 15 is 0 Å². The zero-order valence-electron chi connectivity index (χ0n) is 9.38. The van der Waals surface area contributed by atoms with Crippen molar-refractivity contribution in [1.29, 1.82) is 0 Å². The Morgan fingerprint density at radius 2 is 1.22 bits per heavy atom. The first-order valence-corrected chi connectivity index (χ1v) is 7.25. The predicted octanol–water partition coefficient (Wildman–Crippen LogP) is -2.30. The topological polar surface area (TPSA) is 107 Å². The van der Waals surface area contributed by atoms with Gasteiger partial charge in [-0.2, -0.15) is 0 Å². The van der Waals surface area contributed by atoms with E-state index in [1.807, 2.05) is 0 Å². The van der Waals surface area contributed by atoms with E-state index in [2.05, 4.69) is 0 Å². The van der Waals surface area contributed by atoms with Crippen LogP contribution in [-0.2, 0) is 30.1 Å². The van der Waals surface area contributed by atoms with E-state index in [-0.39, 0.29) is 37.6 Å². The van der Waals surface area contributed by atoms with E-state index in [9.17, 15) is 4.55 Å². The van der Waals surface area contributed by atoms with Crippen molar-refractivity contribution in [1.82, 2.24) is 0 Å². The fourth-order valence-corrected chi connectivity index (χ4v) is 4.50. The van der Waals surface area contributed by atoms with Gasteiger partial charge in [0.2, 0.25) is 10.9 Å². The molecule has 0 aliphatic carbocycles. The molecule has 0 aromatic rings. The molecule has 2 N–H and O–H groups in total.